The van der Waals surface area contributed by atoms with Crippen LogP contribution in [-0.2, 0) is 4.79 Å². The number of aromatic nitrogens is 1. The molecule has 1 aromatic rings. The number of carbonyl (C=O) groups excluding carboxylic acids is 2. The first-order valence-electron chi connectivity index (χ1n) is 6.59. The highest BCUT2D eigenvalue weighted by Crippen LogP contribution is 2.19. The Morgan fingerprint density at radius 2 is 2.05 bits per heavy atom. The van der Waals surface area contributed by atoms with Crippen LogP contribution in [-0.4, -0.2) is 66.5 Å². The summed E-state index contributed by atoms with van der Waals surface area (Å²) in [4.78, 5) is 28.3. The molecule has 1 aliphatic rings. The van der Waals surface area contributed by atoms with Gasteiger partial charge in [0, 0.05) is 26.7 Å². The zero-order chi connectivity index (χ0) is 14.9. The summed E-state index contributed by atoms with van der Waals surface area (Å²) in [6.45, 7) is 5.21. The van der Waals surface area contributed by atoms with Crippen LogP contribution < -0.4 is 5.32 Å². The van der Waals surface area contributed by atoms with Gasteiger partial charge in [-0.05, 0) is 20.9 Å². The van der Waals surface area contributed by atoms with Gasteiger partial charge in [-0.2, -0.15) is 0 Å². The Bertz CT molecular complexity index is 506. The first-order chi connectivity index (χ1) is 9.45. The molecule has 0 spiro atoms. The quantitative estimate of drug-likeness (QED) is 0.811. The third-order valence-corrected chi connectivity index (χ3v) is 3.64. The summed E-state index contributed by atoms with van der Waals surface area (Å²) in [7, 11) is 3.52. The summed E-state index contributed by atoms with van der Waals surface area (Å²) in [5.41, 5.74) is 1.02. The van der Waals surface area contributed by atoms with Crippen LogP contribution in [0.4, 0.5) is 0 Å². The second-order valence-electron chi connectivity index (χ2n) is 5.09. The molecule has 1 unspecified atom stereocenters. The topological polar surface area (TPSA) is 78.7 Å². The molecule has 0 aliphatic carbocycles. The van der Waals surface area contributed by atoms with E-state index in [1.54, 1.807) is 25.8 Å². The highest BCUT2D eigenvalue weighted by atomic mass is 16.5. The number of nitrogens with zero attached hydrogens (tertiary/aromatic N) is 3. The van der Waals surface area contributed by atoms with Crippen LogP contribution in [0, 0.1) is 13.8 Å². The van der Waals surface area contributed by atoms with E-state index in [4.69, 9.17) is 4.52 Å². The Morgan fingerprint density at radius 3 is 2.60 bits per heavy atom. The number of carbonyl (C=O) groups is 2. The SMILES string of the molecule is CNC(=O)C1CN(C)CCN1C(=O)c1c(C)noc1C. The molecule has 1 aliphatic heterocycles. The van der Waals surface area contributed by atoms with E-state index in [-0.39, 0.29) is 11.8 Å². The molecule has 2 heterocycles. The molecular formula is C13H20N4O3. The molecule has 0 aromatic carbocycles. The number of nitrogens with one attached hydrogen (secondary N) is 1. The maximum atomic E-state index is 12.7. The fourth-order valence-corrected chi connectivity index (χ4v) is 2.49. The normalized spacial score (nSPS) is 20.0. The monoisotopic (exact) mass is 280 g/mol. The van der Waals surface area contributed by atoms with E-state index in [1.165, 1.54) is 0 Å². The van der Waals surface area contributed by atoms with Crippen molar-refractivity contribution in [3.63, 3.8) is 0 Å². The molecule has 1 saturated heterocycles. The summed E-state index contributed by atoms with van der Waals surface area (Å²) >= 11 is 0. The smallest absolute Gasteiger partial charge is 0.260 e. The molecule has 1 fully saturated rings. The molecule has 1 aromatic heterocycles. The number of hydrogen-bond acceptors (Lipinski definition) is 5. The highest BCUT2D eigenvalue weighted by molar-refractivity contribution is 5.99. The fraction of sp³-hybridized carbons (Fsp3) is 0.615. The van der Waals surface area contributed by atoms with E-state index in [9.17, 15) is 9.59 Å². The number of rotatable bonds is 2. The summed E-state index contributed by atoms with van der Waals surface area (Å²) in [6, 6.07) is -0.486. The second-order valence-corrected chi connectivity index (χ2v) is 5.09. The molecule has 1 N–H and O–H groups in total. The maximum Gasteiger partial charge on any atom is 0.260 e. The van der Waals surface area contributed by atoms with Crippen molar-refractivity contribution >= 4 is 11.8 Å². The summed E-state index contributed by atoms with van der Waals surface area (Å²) in [6.07, 6.45) is 0. The molecular weight excluding hydrogens is 260 g/mol. The van der Waals surface area contributed by atoms with E-state index in [0.29, 0.717) is 30.1 Å². The molecule has 7 heteroatoms. The van der Waals surface area contributed by atoms with Crippen LogP contribution in [0.15, 0.2) is 4.52 Å². The largest absolute Gasteiger partial charge is 0.361 e. The Balaban J connectivity index is 2.29. The summed E-state index contributed by atoms with van der Waals surface area (Å²) in [5, 5.41) is 6.42. The standard InChI is InChI=1S/C13H20N4O3/c1-8-11(9(2)20-15-8)13(19)17-6-5-16(4)7-10(17)12(18)14-3/h10H,5-7H2,1-4H3,(H,14,18). The van der Waals surface area contributed by atoms with Gasteiger partial charge in [-0.15, -0.1) is 0 Å². The Morgan fingerprint density at radius 1 is 1.35 bits per heavy atom. The van der Waals surface area contributed by atoms with E-state index >= 15 is 0 Å². The number of piperazine rings is 1. The van der Waals surface area contributed by atoms with Gasteiger partial charge in [-0.1, -0.05) is 5.16 Å². The first-order valence-corrected chi connectivity index (χ1v) is 6.59. The zero-order valence-electron chi connectivity index (χ0n) is 12.3. The lowest BCUT2D eigenvalue weighted by Gasteiger charge is -2.38. The zero-order valence-corrected chi connectivity index (χ0v) is 12.3. The van der Waals surface area contributed by atoms with Gasteiger partial charge in [0.05, 0.1) is 5.69 Å². The minimum absolute atomic E-state index is 0.156. The molecule has 0 saturated carbocycles. The minimum Gasteiger partial charge on any atom is -0.361 e. The number of amides is 2. The van der Waals surface area contributed by atoms with Crippen LogP contribution in [0.5, 0.6) is 0 Å². The van der Waals surface area contributed by atoms with E-state index in [0.717, 1.165) is 6.54 Å². The van der Waals surface area contributed by atoms with Crippen molar-refractivity contribution in [2.45, 2.75) is 19.9 Å². The van der Waals surface area contributed by atoms with Crippen molar-refractivity contribution in [2.75, 3.05) is 33.7 Å². The number of likely N-dealkylation sites (N-methyl/N-ethyl adjacent to an activating group) is 2. The predicted octanol–water partition coefficient (Wildman–Crippen LogP) is -0.206. The molecule has 0 bridgehead atoms. The van der Waals surface area contributed by atoms with Gasteiger partial charge in [0.15, 0.2) is 0 Å². The third-order valence-electron chi connectivity index (χ3n) is 3.64. The first kappa shape index (κ1) is 14.5. The van der Waals surface area contributed by atoms with Crippen molar-refractivity contribution in [3.8, 4) is 0 Å². The van der Waals surface area contributed by atoms with Gasteiger partial charge in [-0.25, -0.2) is 0 Å². The van der Waals surface area contributed by atoms with Crippen molar-refractivity contribution in [3.05, 3.63) is 17.0 Å². The predicted molar refractivity (Wildman–Crippen MR) is 72.4 cm³/mol. The van der Waals surface area contributed by atoms with Crippen LogP contribution in [0.2, 0.25) is 0 Å². The van der Waals surface area contributed by atoms with Gasteiger partial charge in [0.1, 0.15) is 17.4 Å². The van der Waals surface area contributed by atoms with E-state index in [1.807, 2.05) is 11.9 Å². The molecule has 7 nitrogen and oxygen atoms in total. The summed E-state index contributed by atoms with van der Waals surface area (Å²) < 4.78 is 5.04. The third kappa shape index (κ3) is 2.53. The van der Waals surface area contributed by atoms with E-state index < -0.39 is 6.04 Å². The van der Waals surface area contributed by atoms with Gasteiger partial charge < -0.3 is 19.6 Å². The van der Waals surface area contributed by atoms with Crippen molar-refractivity contribution in [1.29, 1.82) is 0 Å². The van der Waals surface area contributed by atoms with Crippen LogP contribution in [0.1, 0.15) is 21.8 Å². The molecule has 2 amide bonds. The number of hydrogen-bond donors (Lipinski definition) is 1. The van der Waals surface area contributed by atoms with Crippen LogP contribution in [0.3, 0.4) is 0 Å². The summed E-state index contributed by atoms with van der Waals surface area (Å²) in [5.74, 6) is 0.140. The van der Waals surface area contributed by atoms with Crippen LogP contribution >= 0.6 is 0 Å². The van der Waals surface area contributed by atoms with Gasteiger partial charge >= 0.3 is 0 Å². The lowest BCUT2D eigenvalue weighted by molar-refractivity contribution is -0.126. The molecule has 20 heavy (non-hydrogen) atoms. The maximum absolute atomic E-state index is 12.7. The lowest BCUT2D eigenvalue weighted by atomic mass is 10.1. The molecule has 110 valence electrons. The second kappa shape index (κ2) is 5.62. The van der Waals surface area contributed by atoms with Crippen molar-refractivity contribution in [1.82, 2.24) is 20.3 Å². The minimum atomic E-state index is -0.486. The average Bonchev–Trinajstić information content (AvgIpc) is 2.76. The molecule has 1 atom stereocenters. The van der Waals surface area contributed by atoms with Crippen LogP contribution in [0.25, 0.3) is 0 Å². The Kier molecular flexibility index (Phi) is 4.08. The fourth-order valence-electron chi connectivity index (χ4n) is 2.49. The van der Waals surface area contributed by atoms with Gasteiger partial charge in [-0.3, -0.25) is 9.59 Å². The van der Waals surface area contributed by atoms with E-state index in [2.05, 4.69) is 10.5 Å². The molecule has 0 radical (unpaired) electrons. The average molecular weight is 280 g/mol. The van der Waals surface area contributed by atoms with Gasteiger partial charge in [0.25, 0.3) is 5.91 Å². The molecule has 2 rings (SSSR count). The van der Waals surface area contributed by atoms with Gasteiger partial charge in [0.2, 0.25) is 5.91 Å². The Hall–Kier alpha value is -1.89. The Labute approximate surface area is 117 Å². The van der Waals surface area contributed by atoms with Crippen molar-refractivity contribution < 1.29 is 14.1 Å². The van der Waals surface area contributed by atoms with Crippen molar-refractivity contribution in [2.24, 2.45) is 0 Å². The number of aryl methyl sites for hydroxylation is 2. The highest BCUT2D eigenvalue weighted by Gasteiger charge is 2.36. The lowest BCUT2D eigenvalue weighted by Crippen LogP contribution is -2.59.